The third-order valence-corrected chi connectivity index (χ3v) is 5.79. The average Bonchev–Trinajstić information content (AvgIpc) is 3.41. The second-order valence-electron chi connectivity index (χ2n) is 6.95. The van der Waals surface area contributed by atoms with Crippen molar-refractivity contribution in [1.82, 2.24) is 10.3 Å². The first-order chi connectivity index (χ1) is 12.6. The predicted molar refractivity (Wildman–Crippen MR) is 106 cm³/mol. The highest BCUT2D eigenvalue weighted by Crippen LogP contribution is 2.38. The number of thioether (sulfide) groups is 1. The largest absolute Gasteiger partial charge is 0.350 e. The van der Waals surface area contributed by atoms with Crippen molar-refractivity contribution in [3.63, 3.8) is 0 Å². The summed E-state index contributed by atoms with van der Waals surface area (Å²) in [6.07, 6.45) is 7.67. The average molecular weight is 366 g/mol. The molecule has 1 aromatic heterocycles. The minimum atomic E-state index is 0.00402. The van der Waals surface area contributed by atoms with E-state index in [1.165, 1.54) is 4.90 Å². The Hall–Kier alpha value is -2.27. The number of carbonyl (C=O) groups excluding carboxylic acids is 1. The van der Waals surface area contributed by atoms with Crippen LogP contribution in [0, 0.1) is 0 Å². The van der Waals surface area contributed by atoms with Gasteiger partial charge < -0.3 is 10.3 Å². The van der Waals surface area contributed by atoms with Crippen LogP contribution in [0.1, 0.15) is 48.4 Å². The molecule has 2 aliphatic rings. The molecule has 1 aromatic carbocycles. The molecule has 1 amide bonds. The van der Waals surface area contributed by atoms with E-state index in [1.807, 2.05) is 18.4 Å². The second kappa shape index (κ2) is 7.16. The third kappa shape index (κ3) is 3.63. The quantitative estimate of drug-likeness (QED) is 0.794. The number of carbonyl (C=O) groups is 1. The van der Waals surface area contributed by atoms with Crippen molar-refractivity contribution in [2.24, 2.45) is 0 Å². The minimum Gasteiger partial charge on any atom is -0.350 e. The van der Waals surface area contributed by atoms with Crippen LogP contribution in [0.15, 0.2) is 52.2 Å². The number of rotatable bonds is 5. The van der Waals surface area contributed by atoms with Crippen LogP contribution in [0.25, 0.3) is 5.57 Å². The molecule has 2 N–H and O–H groups in total. The molecule has 0 spiro atoms. The van der Waals surface area contributed by atoms with E-state index in [-0.39, 0.29) is 17.5 Å². The highest BCUT2D eigenvalue weighted by molar-refractivity contribution is 7.98. The van der Waals surface area contributed by atoms with Crippen molar-refractivity contribution in [3.05, 3.63) is 69.6 Å². The number of benzene rings is 1. The predicted octanol–water partition coefficient (Wildman–Crippen LogP) is 3.68. The Morgan fingerprint density at radius 1 is 1.08 bits per heavy atom. The van der Waals surface area contributed by atoms with Crippen LogP contribution in [0.3, 0.4) is 0 Å². The highest BCUT2D eigenvalue weighted by Gasteiger charge is 2.26. The summed E-state index contributed by atoms with van der Waals surface area (Å²) >= 11 is 1.70. The molecule has 26 heavy (non-hydrogen) atoms. The maximum absolute atomic E-state index is 12.5. The van der Waals surface area contributed by atoms with Gasteiger partial charge in [0, 0.05) is 34.2 Å². The summed E-state index contributed by atoms with van der Waals surface area (Å²) in [7, 11) is 0. The summed E-state index contributed by atoms with van der Waals surface area (Å²) in [6.45, 7) is 0. The number of nitrogens with one attached hydrogen (secondary N) is 2. The summed E-state index contributed by atoms with van der Waals surface area (Å²) in [5, 5.41) is 2.99. The van der Waals surface area contributed by atoms with Gasteiger partial charge in [0.25, 0.3) is 5.56 Å². The molecule has 0 radical (unpaired) electrons. The Morgan fingerprint density at radius 3 is 2.42 bits per heavy atom. The molecule has 4 rings (SSSR count). The molecule has 4 nitrogen and oxygen atoms in total. The molecule has 134 valence electrons. The minimum absolute atomic E-state index is 0.00402. The Balaban J connectivity index is 1.74. The lowest BCUT2D eigenvalue weighted by atomic mass is 9.98. The SMILES string of the molecule is CSc1ccc(/C(=C/C2CCC(=O)N2)c2ccc(C3CC3)c(=O)[nH]2)cc1. The van der Waals surface area contributed by atoms with Gasteiger partial charge in [0.2, 0.25) is 5.91 Å². The van der Waals surface area contributed by atoms with Gasteiger partial charge in [-0.3, -0.25) is 9.59 Å². The van der Waals surface area contributed by atoms with Gasteiger partial charge in [-0.05, 0) is 55.2 Å². The Labute approximate surface area is 157 Å². The maximum Gasteiger partial charge on any atom is 0.251 e. The van der Waals surface area contributed by atoms with Crippen LogP contribution in [0.4, 0.5) is 0 Å². The van der Waals surface area contributed by atoms with Crippen molar-refractivity contribution < 1.29 is 4.79 Å². The van der Waals surface area contributed by atoms with E-state index in [0.717, 1.165) is 41.7 Å². The van der Waals surface area contributed by atoms with Crippen molar-refractivity contribution >= 4 is 23.2 Å². The second-order valence-corrected chi connectivity index (χ2v) is 7.83. The van der Waals surface area contributed by atoms with E-state index in [0.29, 0.717) is 12.3 Å². The summed E-state index contributed by atoms with van der Waals surface area (Å²) in [6, 6.07) is 12.3. The lowest BCUT2D eigenvalue weighted by molar-refractivity contribution is -0.119. The van der Waals surface area contributed by atoms with Crippen LogP contribution >= 0.6 is 11.8 Å². The van der Waals surface area contributed by atoms with Crippen LogP contribution in [0.5, 0.6) is 0 Å². The Morgan fingerprint density at radius 2 is 1.85 bits per heavy atom. The fraction of sp³-hybridized carbons (Fsp3) is 0.333. The van der Waals surface area contributed by atoms with E-state index in [2.05, 4.69) is 40.6 Å². The zero-order chi connectivity index (χ0) is 18.1. The molecule has 5 heteroatoms. The molecular weight excluding hydrogens is 344 g/mol. The smallest absolute Gasteiger partial charge is 0.251 e. The standard InChI is InChI=1S/C21H22N2O2S/c1-26-16-7-4-14(5-8-16)18(12-15-6-11-20(24)22-15)19-10-9-17(13-2-3-13)21(25)23-19/h4-5,7-10,12-13,15H,2-3,6,11H2,1H3,(H,22,24)(H,23,25)/b18-12-. The number of aromatic amines is 1. The van der Waals surface area contributed by atoms with Gasteiger partial charge in [-0.15, -0.1) is 11.8 Å². The number of pyridine rings is 1. The number of hydrogen-bond donors (Lipinski definition) is 2. The van der Waals surface area contributed by atoms with E-state index in [4.69, 9.17) is 0 Å². The molecule has 1 atom stereocenters. The number of H-pyrrole nitrogens is 1. The molecular formula is C21H22N2O2S. The zero-order valence-electron chi connectivity index (χ0n) is 14.7. The molecule has 1 saturated carbocycles. The van der Waals surface area contributed by atoms with Crippen LogP contribution in [0.2, 0.25) is 0 Å². The van der Waals surface area contributed by atoms with Gasteiger partial charge >= 0.3 is 0 Å². The molecule has 0 bridgehead atoms. The van der Waals surface area contributed by atoms with Crippen LogP contribution < -0.4 is 10.9 Å². The van der Waals surface area contributed by atoms with E-state index in [1.54, 1.807) is 11.8 Å². The molecule has 2 fully saturated rings. The van der Waals surface area contributed by atoms with Gasteiger partial charge in [-0.1, -0.05) is 24.3 Å². The van der Waals surface area contributed by atoms with Crippen molar-refractivity contribution in [3.8, 4) is 0 Å². The van der Waals surface area contributed by atoms with Crippen molar-refractivity contribution in [1.29, 1.82) is 0 Å². The van der Waals surface area contributed by atoms with Crippen molar-refractivity contribution in [2.45, 2.75) is 42.5 Å². The topological polar surface area (TPSA) is 62.0 Å². The molecule has 2 aromatic rings. The summed E-state index contributed by atoms with van der Waals surface area (Å²) in [5.74, 6) is 0.510. The van der Waals surface area contributed by atoms with E-state index >= 15 is 0 Å². The molecule has 1 aliphatic carbocycles. The summed E-state index contributed by atoms with van der Waals surface area (Å²) in [4.78, 5) is 28.3. The summed E-state index contributed by atoms with van der Waals surface area (Å²) < 4.78 is 0. The molecule has 1 aliphatic heterocycles. The van der Waals surface area contributed by atoms with E-state index in [9.17, 15) is 9.59 Å². The first kappa shape index (κ1) is 17.2. The van der Waals surface area contributed by atoms with Crippen molar-refractivity contribution in [2.75, 3.05) is 6.26 Å². The van der Waals surface area contributed by atoms with Crippen LogP contribution in [-0.2, 0) is 4.79 Å². The van der Waals surface area contributed by atoms with Gasteiger partial charge in [0.1, 0.15) is 0 Å². The normalized spacial score (nSPS) is 20.3. The first-order valence-corrected chi connectivity index (χ1v) is 10.3. The lowest BCUT2D eigenvalue weighted by Crippen LogP contribution is -2.23. The van der Waals surface area contributed by atoms with Gasteiger partial charge in [0.15, 0.2) is 0 Å². The zero-order valence-corrected chi connectivity index (χ0v) is 15.6. The van der Waals surface area contributed by atoms with Crippen LogP contribution in [-0.4, -0.2) is 23.2 Å². The molecule has 1 saturated heterocycles. The molecule has 2 heterocycles. The number of hydrogen-bond acceptors (Lipinski definition) is 3. The Kier molecular flexibility index (Phi) is 4.72. The van der Waals surface area contributed by atoms with E-state index < -0.39 is 0 Å². The highest BCUT2D eigenvalue weighted by atomic mass is 32.2. The summed E-state index contributed by atoms with van der Waals surface area (Å²) in [5.41, 5.74) is 3.70. The number of amides is 1. The first-order valence-electron chi connectivity index (χ1n) is 9.03. The Bertz CT molecular complexity index is 910. The fourth-order valence-electron chi connectivity index (χ4n) is 3.43. The van der Waals surface area contributed by atoms with Gasteiger partial charge in [-0.25, -0.2) is 0 Å². The molecule has 1 unspecified atom stereocenters. The maximum atomic E-state index is 12.5. The third-order valence-electron chi connectivity index (χ3n) is 5.04. The fourth-order valence-corrected chi connectivity index (χ4v) is 3.84. The lowest BCUT2D eigenvalue weighted by Gasteiger charge is -2.13. The monoisotopic (exact) mass is 366 g/mol. The number of aromatic nitrogens is 1. The van der Waals surface area contributed by atoms with Gasteiger partial charge in [-0.2, -0.15) is 0 Å². The van der Waals surface area contributed by atoms with Gasteiger partial charge in [0.05, 0.1) is 0 Å².